The normalized spacial score (nSPS) is 10.6. The highest BCUT2D eigenvalue weighted by atomic mass is 16.4. The van der Waals surface area contributed by atoms with Gasteiger partial charge in [-0.15, -0.1) is 0 Å². The number of hydrogen-bond acceptors (Lipinski definition) is 4. The molecule has 140 valence electrons. The Balaban J connectivity index is 0.000000223. The maximum absolute atomic E-state index is 10.3. The van der Waals surface area contributed by atoms with Crippen molar-refractivity contribution in [2.75, 3.05) is 0 Å². The van der Waals surface area contributed by atoms with Crippen molar-refractivity contribution < 1.29 is 25.2 Å². The third-order valence-corrected chi connectivity index (χ3v) is 4.31. The Kier molecular flexibility index (Phi) is 6.08. The summed E-state index contributed by atoms with van der Waals surface area (Å²) in [6, 6.07) is 20.3. The van der Waals surface area contributed by atoms with Crippen molar-refractivity contribution in [3.05, 3.63) is 89.5 Å². The molecule has 5 heteroatoms. The number of phenolic OH excluding ortho intramolecular Hbond substituents is 2. The smallest absolute Gasteiger partial charge is 0.339 e. The van der Waals surface area contributed by atoms with Gasteiger partial charge >= 0.3 is 5.97 Å². The maximum atomic E-state index is 10.3. The van der Waals surface area contributed by atoms with Crippen LogP contribution in [-0.2, 0) is 5.41 Å². The summed E-state index contributed by atoms with van der Waals surface area (Å²) in [4.78, 5) is 10.3. The summed E-state index contributed by atoms with van der Waals surface area (Å²) < 4.78 is 0. The lowest BCUT2D eigenvalue weighted by Gasteiger charge is -2.26. The Morgan fingerprint density at radius 2 is 1.11 bits per heavy atom. The summed E-state index contributed by atoms with van der Waals surface area (Å²) in [5.41, 5.74) is 2.03. The van der Waals surface area contributed by atoms with Crippen LogP contribution in [0.3, 0.4) is 0 Å². The van der Waals surface area contributed by atoms with Gasteiger partial charge in [0.2, 0.25) is 0 Å². The summed E-state index contributed by atoms with van der Waals surface area (Å²) in [6.07, 6.45) is 0. The lowest BCUT2D eigenvalue weighted by Crippen LogP contribution is -2.18. The average molecular weight is 366 g/mol. The molecule has 0 saturated heterocycles. The number of carboxylic acid groups (broad SMARTS) is 1. The first kappa shape index (κ1) is 19.8. The number of phenols is 3. The summed E-state index contributed by atoms with van der Waals surface area (Å²) in [7, 11) is 0. The van der Waals surface area contributed by atoms with Crippen LogP contribution in [0, 0.1) is 0 Å². The summed E-state index contributed by atoms with van der Waals surface area (Å²) in [5.74, 6) is -0.765. The zero-order valence-corrected chi connectivity index (χ0v) is 15.1. The zero-order valence-electron chi connectivity index (χ0n) is 15.1. The molecule has 0 bridgehead atoms. The molecule has 5 nitrogen and oxygen atoms in total. The zero-order chi connectivity index (χ0) is 20.0. The third-order valence-electron chi connectivity index (χ3n) is 4.31. The molecule has 3 aromatic carbocycles. The highest BCUT2D eigenvalue weighted by Crippen LogP contribution is 2.32. The number of benzene rings is 3. The van der Waals surface area contributed by atoms with Gasteiger partial charge in [0.25, 0.3) is 0 Å². The standard InChI is InChI=1S/C15H16O2.C7H6O3/c1-15(2,11-3-7-13(16)8-4-11)12-5-9-14(17)10-6-12;8-6-4-2-1-3-5(6)7(9)10/h3-10,16-17H,1-2H3;1-4,8H,(H,9,10). The third kappa shape index (κ3) is 5.01. The number of para-hydroxylation sites is 1. The van der Waals surface area contributed by atoms with Crippen molar-refractivity contribution >= 4 is 5.97 Å². The van der Waals surface area contributed by atoms with Gasteiger partial charge in [-0.1, -0.05) is 50.2 Å². The SMILES string of the molecule is CC(C)(c1ccc(O)cc1)c1ccc(O)cc1.O=C(O)c1ccccc1O. The summed E-state index contributed by atoms with van der Waals surface area (Å²) in [5, 5.41) is 35.9. The van der Waals surface area contributed by atoms with Gasteiger partial charge in [0.1, 0.15) is 22.8 Å². The van der Waals surface area contributed by atoms with Crippen molar-refractivity contribution in [2.45, 2.75) is 19.3 Å². The van der Waals surface area contributed by atoms with Gasteiger partial charge in [-0.05, 0) is 47.5 Å². The second-order valence-corrected chi connectivity index (χ2v) is 6.54. The molecular weight excluding hydrogens is 344 g/mol. The molecule has 0 spiro atoms. The Bertz CT molecular complexity index is 849. The number of hydrogen-bond donors (Lipinski definition) is 4. The fourth-order valence-electron chi connectivity index (χ4n) is 2.58. The highest BCUT2D eigenvalue weighted by molar-refractivity contribution is 5.90. The monoisotopic (exact) mass is 366 g/mol. The van der Waals surface area contributed by atoms with Crippen molar-refractivity contribution in [1.29, 1.82) is 0 Å². The molecule has 0 heterocycles. The van der Waals surface area contributed by atoms with Gasteiger partial charge in [0.15, 0.2) is 0 Å². The Morgan fingerprint density at radius 1 is 0.704 bits per heavy atom. The van der Waals surface area contributed by atoms with E-state index < -0.39 is 5.97 Å². The molecule has 0 aliphatic carbocycles. The molecule has 0 saturated carbocycles. The van der Waals surface area contributed by atoms with Crippen molar-refractivity contribution in [1.82, 2.24) is 0 Å². The minimum Gasteiger partial charge on any atom is -0.508 e. The fraction of sp³-hybridized carbons (Fsp3) is 0.136. The number of carbonyl (C=O) groups is 1. The van der Waals surface area contributed by atoms with Gasteiger partial charge < -0.3 is 20.4 Å². The molecule has 4 N–H and O–H groups in total. The van der Waals surface area contributed by atoms with Crippen LogP contribution in [0.25, 0.3) is 0 Å². The van der Waals surface area contributed by atoms with E-state index in [2.05, 4.69) is 13.8 Å². The largest absolute Gasteiger partial charge is 0.508 e. The average Bonchev–Trinajstić information content (AvgIpc) is 2.63. The molecule has 0 radical (unpaired) electrons. The fourth-order valence-corrected chi connectivity index (χ4v) is 2.58. The lowest BCUT2D eigenvalue weighted by atomic mass is 9.78. The Morgan fingerprint density at radius 3 is 1.44 bits per heavy atom. The number of carboxylic acids is 1. The van der Waals surface area contributed by atoms with Crippen LogP contribution < -0.4 is 0 Å². The van der Waals surface area contributed by atoms with E-state index in [1.165, 1.54) is 12.1 Å². The minimum absolute atomic E-state index is 0.0671. The van der Waals surface area contributed by atoms with Crippen LogP contribution in [0.5, 0.6) is 17.2 Å². The van der Waals surface area contributed by atoms with Crippen LogP contribution >= 0.6 is 0 Å². The topological polar surface area (TPSA) is 98.0 Å². The Labute approximate surface area is 157 Å². The van der Waals surface area contributed by atoms with Crippen LogP contribution in [0.15, 0.2) is 72.8 Å². The molecule has 3 rings (SSSR count). The van der Waals surface area contributed by atoms with E-state index >= 15 is 0 Å². The minimum atomic E-state index is -1.11. The van der Waals surface area contributed by atoms with Gasteiger partial charge in [-0.3, -0.25) is 0 Å². The molecule has 0 atom stereocenters. The molecule has 27 heavy (non-hydrogen) atoms. The summed E-state index contributed by atoms with van der Waals surface area (Å²) in [6.45, 7) is 4.23. The number of rotatable bonds is 3. The van der Waals surface area contributed by atoms with Crippen LogP contribution in [0.1, 0.15) is 35.3 Å². The lowest BCUT2D eigenvalue weighted by molar-refractivity contribution is 0.0693. The van der Waals surface area contributed by atoms with Crippen LogP contribution in [0.4, 0.5) is 0 Å². The second-order valence-electron chi connectivity index (χ2n) is 6.54. The number of aromatic hydroxyl groups is 3. The first-order valence-corrected chi connectivity index (χ1v) is 8.32. The second kappa shape index (κ2) is 8.27. The van der Waals surface area contributed by atoms with Crippen LogP contribution in [-0.4, -0.2) is 26.4 Å². The van der Waals surface area contributed by atoms with Crippen molar-refractivity contribution in [3.8, 4) is 17.2 Å². The van der Waals surface area contributed by atoms with E-state index in [1.54, 1.807) is 36.4 Å². The summed E-state index contributed by atoms with van der Waals surface area (Å²) >= 11 is 0. The van der Waals surface area contributed by atoms with Gasteiger partial charge in [-0.25, -0.2) is 4.79 Å². The molecule has 3 aromatic rings. The van der Waals surface area contributed by atoms with E-state index in [0.29, 0.717) is 0 Å². The maximum Gasteiger partial charge on any atom is 0.339 e. The van der Waals surface area contributed by atoms with Gasteiger partial charge in [-0.2, -0.15) is 0 Å². The van der Waals surface area contributed by atoms with E-state index in [0.717, 1.165) is 11.1 Å². The van der Waals surface area contributed by atoms with Crippen LogP contribution in [0.2, 0.25) is 0 Å². The van der Waals surface area contributed by atoms with E-state index in [1.807, 2.05) is 24.3 Å². The predicted octanol–water partition coefficient (Wildman–Crippen LogP) is 4.51. The predicted molar refractivity (Wildman–Crippen MR) is 103 cm³/mol. The molecule has 0 fully saturated rings. The van der Waals surface area contributed by atoms with Gasteiger partial charge in [0, 0.05) is 5.41 Å². The number of aromatic carboxylic acids is 1. The Hall–Kier alpha value is -3.47. The van der Waals surface area contributed by atoms with E-state index in [9.17, 15) is 15.0 Å². The first-order valence-electron chi connectivity index (χ1n) is 8.32. The molecular formula is C22H22O5. The quantitative estimate of drug-likeness (QED) is 0.546. The van der Waals surface area contributed by atoms with Crippen molar-refractivity contribution in [2.24, 2.45) is 0 Å². The molecule has 0 amide bonds. The highest BCUT2D eigenvalue weighted by Gasteiger charge is 2.22. The molecule has 0 unspecified atom stereocenters. The first-order chi connectivity index (χ1) is 12.7. The van der Waals surface area contributed by atoms with Crippen molar-refractivity contribution in [3.63, 3.8) is 0 Å². The van der Waals surface area contributed by atoms with E-state index in [-0.39, 0.29) is 28.2 Å². The van der Waals surface area contributed by atoms with E-state index in [4.69, 9.17) is 10.2 Å². The molecule has 0 aliphatic heterocycles. The molecule has 0 aromatic heterocycles. The molecule has 0 aliphatic rings. The van der Waals surface area contributed by atoms with Gasteiger partial charge in [0.05, 0.1) is 0 Å².